The van der Waals surface area contributed by atoms with Gasteiger partial charge in [-0.3, -0.25) is 9.59 Å². The maximum atomic E-state index is 12.4. The minimum absolute atomic E-state index is 0.0348. The van der Waals surface area contributed by atoms with Gasteiger partial charge in [-0.05, 0) is 37.3 Å². The summed E-state index contributed by atoms with van der Waals surface area (Å²) >= 11 is 7.31. The molecule has 0 aliphatic heterocycles. The average molecular weight is 488 g/mol. The van der Waals surface area contributed by atoms with Crippen molar-refractivity contribution in [2.75, 3.05) is 23.5 Å². The number of para-hydroxylation sites is 1. The van der Waals surface area contributed by atoms with Gasteiger partial charge in [0.1, 0.15) is 5.82 Å². The maximum Gasteiger partial charge on any atom is 0.337 e. The Kier molecular flexibility index (Phi) is 8.45. The highest BCUT2D eigenvalue weighted by atomic mass is 35.5. The van der Waals surface area contributed by atoms with E-state index in [1.54, 1.807) is 16.7 Å². The van der Waals surface area contributed by atoms with Crippen LogP contribution in [0.15, 0.2) is 53.7 Å². The number of rotatable bonds is 9. The third-order valence-corrected chi connectivity index (χ3v) is 5.78. The van der Waals surface area contributed by atoms with Crippen molar-refractivity contribution < 1.29 is 19.1 Å². The molecule has 0 saturated heterocycles. The predicted octanol–water partition coefficient (Wildman–Crippen LogP) is 3.65. The van der Waals surface area contributed by atoms with Gasteiger partial charge in [-0.25, -0.2) is 4.79 Å². The van der Waals surface area contributed by atoms with E-state index in [4.69, 9.17) is 11.6 Å². The summed E-state index contributed by atoms with van der Waals surface area (Å²) in [7, 11) is 1.27. The van der Waals surface area contributed by atoms with Crippen LogP contribution in [0, 0.1) is 0 Å². The van der Waals surface area contributed by atoms with Crippen LogP contribution in [0.1, 0.15) is 23.1 Å². The largest absolute Gasteiger partial charge is 0.465 e. The molecule has 0 atom stereocenters. The topological polar surface area (TPSA) is 115 Å². The molecule has 172 valence electrons. The van der Waals surface area contributed by atoms with Gasteiger partial charge >= 0.3 is 5.97 Å². The Hall–Kier alpha value is -3.37. The highest BCUT2D eigenvalue weighted by Gasteiger charge is 2.17. The summed E-state index contributed by atoms with van der Waals surface area (Å²) in [6, 6.07) is 13.6. The first-order valence-electron chi connectivity index (χ1n) is 9.98. The number of ether oxygens (including phenoxy) is 1. The summed E-state index contributed by atoms with van der Waals surface area (Å²) in [5, 5.41) is 14.5. The number of carbonyl (C=O) groups is 3. The van der Waals surface area contributed by atoms with Gasteiger partial charge in [0.25, 0.3) is 0 Å². The van der Waals surface area contributed by atoms with Crippen LogP contribution in [0.4, 0.5) is 11.4 Å². The van der Waals surface area contributed by atoms with E-state index in [0.29, 0.717) is 33.9 Å². The molecule has 0 bridgehead atoms. The van der Waals surface area contributed by atoms with Crippen molar-refractivity contribution >= 4 is 52.5 Å². The number of anilines is 2. The van der Waals surface area contributed by atoms with Crippen LogP contribution in [0.2, 0.25) is 5.02 Å². The van der Waals surface area contributed by atoms with Crippen LogP contribution in [-0.4, -0.2) is 45.4 Å². The smallest absolute Gasteiger partial charge is 0.337 e. The molecule has 1 heterocycles. The highest BCUT2D eigenvalue weighted by molar-refractivity contribution is 7.99. The second-order valence-corrected chi connectivity index (χ2v) is 8.11. The second-order valence-electron chi connectivity index (χ2n) is 6.76. The van der Waals surface area contributed by atoms with Crippen molar-refractivity contribution in [1.82, 2.24) is 14.8 Å². The summed E-state index contributed by atoms with van der Waals surface area (Å²) in [5.74, 6) is -0.539. The van der Waals surface area contributed by atoms with Gasteiger partial charge in [-0.15, -0.1) is 10.2 Å². The standard InChI is InChI=1S/C22H22ClN5O4S/c1-3-28-18(12-19(29)24-15-7-5-4-6-8-15)26-27-22(28)33-13-20(30)25-17-11-14(21(31)32-2)9-10-16(17)23/h4-11H,3,12-13H2,1-2H3,(H,24,29)(H,25,30). The van der Waals surface area contributed by atoms with E-state index in [1.165, 1.54) is 37.1 Å². The number of carbonyl (C=O) groups excluding carboxylic acids is 3. The van der Waals surface area contributed by atoms with Crippen molar-refractivity contribution in [3.8, 4) is 0 Å². The zero-order valence-corrected chi connectivity index (χ0v) is 19.6. The van der Waals surface area contributed by atoms with Gasteiger partial charge in [0, 0.05) is 12.2 Å². The number of hydrogen-bond donors (Lipinski definition) is 2. The van der Waals surface area contributed by atoms with Crippen molar-refractivity contribution in [3.63, 3.8) is 0 Å². The molecule has 3 aromatic rings. The number of esters is 1. The molecule has 0 saturated carbocycles. The molecular weight excluding hydrogens is 466 g/mol. The lowest BCUT2D eigenvalue weighted by Crippen LogP contribution is -2.18. The number of aromatic nitrogens is 3. The molecule has 0 radical (unpaired) electrons. The van der Waals surface area contributed by atoms with E-state index in [-0.39, 0.29) is 29.6 Å². The summed E-state index contributed by atoms with van der Waals surface area (Å²) in [5.41, 5.74) is 1.28. The lowest BCUT2D eigenvalue weighted by Gasteiger charge is -2.10. The molecule has 0 aliphatic carbocycles. The van der Waals surface area contributed by atoms with Crippen molar-refractivity contribution in [2.24, 2.45) is 0 Å². The minimum atomic E-state index is -0.531. The quantitative estimate of drug-likeness (QED) is 0.349. The number of hydrogen-bond acceptors (Lipinski definition) is 7. The molecule has 3 rings (SSSR count). The van der Waals surface area contributed by atoms with Crippen LogP contribution in [-0.2, 0) is 27.3 Å². The number of nitrogens with zero attached hydrogens (tertiary/aromatic N) is 3. The summed E-state index contributed by atoms with van der Waals surface area (Å²) in [4.78, 5) is 36.5. The van der Waals surface area contributed by atoms with Crippen molar-refractivity contribution in [1.29, 1.82) is 0 Å². The molecule has 0 unspecified atom stereocenters. The number of thioether (sulfide) groups is 1. The van der Waals surface area contributed by atoms with E-state index in [0.717, 1.165) is 0 Å². The molecule has 2 N–H and O–H groups in total. The molecule has 9 nitrogen and oxygen atoms in total. The van der Waals surface area contributed by atoms with Crippen molar-refractivity contribution in [3.05, 3.63) is 64.9 Å². The van der Waals surface area contributed by atoms with E-state index < -0.39 is 5.97 Å². The summed E-state index contributed by atoms with van der Waals surface area (Å²) < 4.78 is 6.47. The third-order valence-electron chi connectivity index (χ3n) is 4.48. The Morgan fingerprint density at radius 1 is 1.06 bits per heavy atom. The third kappa shape index (κ3) is 6.56. The van der Waals surface area contributed by atoms with E-state index in [9.17, 15) is 14.4 Å². The number of halogens is 1. The van der Waals surface area contributed by atoms with Crippen LogP contribution in [0.25, 0.3) is 0 Å². The van der Waals surface area contributed by atoms with Crippen LogP contribution in [0.5, 0.6) is 0 Å². The zero-order valence-electron chi connectivity index (χ0n) is 18.0. The van der Waals surface area contributed by atoms with E-state index in [1.807, 2.05) is 25.1 Å². The Labute approximate surface area is 199 Å². The molecule has 0 aliphatic rings. The lowest BCUT2D eigenvalue weighted by molar-refractivity contribution is -0.116. The Morgan fingerprint density at radius 3 is 2.52 bits per heavy atom. The van der Waals surface area contributed by atoms with Gasteiger partial charge in [0.05, 0.1) is 35.6 Å². The first-order valence-corrected chi connectivity index (χ1v) is 11.3. The van der Waals surface area contributed by atoms with Gasteiger partial charge in [-0.2, -0.15) is 0 Å². The molecule has 11 heteroatoms. The predicted molar refractivity (Wildman–Crippen MR) is 127 cm³/mol. The summed E-state index contributed by atoms with van der Waals surface area (Å²) in [6.07, 6.45) is 0.0540. The number of nitrogens with one attached hydrogen (secondary N) is 2. The van der Waals surface area contributed by atoms with Crippen LogP contribution in [0.3, 0.4) is 0 Å². The second kappa shape index (κ2) is 11.5. The molecular formula is C22H22ClN5O4S. The monoisotopic (exact) mass is 487 g/mol. The minimum Gasteiger partial charge on any atom is -0.465 e. The van der Waals surface area contributed by atoms with E-state index in [2.05, 4.69) is 25.6 Å². The molecule has 0 fully saturated rings. The fourth-order valence-corrected chi connectivity index (χ4v) is 3.91. The first-order chi connectivity index (χ1) is 15.9. The molecule has 33 heavy (non-hydrogen) atoms. The van der Waals surface area contributed by atoms with Crippen molar-refractivity contribution in [2.45, 2.75) is 25.0 Å². The summed E-state index contributed by atoms with van der Waals surface area (Å²) in [6.45, 7) is 2.45. The number of benzene rings is 2. The lowest BCUT2D eigenvalue weighted by atomic mass is 10.2. The maximum absolute atomic E-state index is 12.4. The number of methoxy groups -OCH3 is 1. The fraction of sp³-hybridized carbons (Fsp3) is 0.227. The van der Waals surface area contributed by atoms with Gasteiger partial charge < -0.3 is 19.9 Å². The number of amides is 2. The SMILES string of the molecule is CCn1c(CC(=O)Nc2ccccc2)nnc1SCC(=O)Nc1cc(C(=O)OC)ccc1Cl. The zero-order chi connectivity index (χ0) is 23.8. The van der Waals surface area contributed by atoms with Crippen LogP contribution >= 0.6 is 23.4 Å². The molecule has 0 spiro atoms. The Morgan fingerprint density at radius 2 is 1.82 bits per heavy atom. The van der Waals surface area contributed by atoms with E-state index >= 15 is 0 Å². The van der Waals surface area contributed by atoms with Gasteiger partial charge in [0.15, 0.2) is 5.16 Å². The van der Waals surface area contributed by atoms with Crippen LogP contribution < -0.4 is 10.6 Å². The Balaban J connectivity index is 1.60. The molecule has 2 amide bonds. The molecule has 1 aromatic heterocycles. The first kappa shape index (κ1) is 24.3. The highest BCUT2D eigenvalue weighted by Crippen LogP contribution is 2.24. The molecule has 2 aromatic carbocycles. The average Bonchev–Trinajstić information content (AvgIpc) is 3.20. The normalized spacial score (nSPS) is 10.5. The fourth-order valence-electron chi connectivity index (χ4n) is 2.93. The van der Waals surface area contributed by atoms with Gasteiger partial charge in [0.2, 0.25) is 11.8 Å². The van der Waals surface area contributed by atoms with Gasteiger partial charge in [-0.1, -0.05) is 41.6 Å². The Bertz CT molecular complexity index is 1150.